The minimum Gasteiger partial charge on any atom is -0.335 e. The molecule has 0 saturated carbocycles. The van der Waals surface area contributed by atoms with Crippen LogP contribution in [0, 0.1) is 6.92 Å². The second-order valence-electron chi connectivity index (χ2n) is 4.21. The van der Waals surface area contributed by atoms with Crippen LogP contribution in [0.5, 0.6) is 0 Å². The van der Waals surface area contributed by atoms with Gasteiger partial charge in [-0.3, -0.25) is 4.79 Å². The lowest BCUT2D eigenvalue weighted by atomic mass is 10.1. The van der Waals surface area contributed by atoms with Crippen LogP contribution < -0.4 is 5.32 Å². The smallest absolute Gasteiger partial charge is 0.255 e. The molecule has 1 amide bonds. The highest BCUT2D eigenvalue weighted by molar-refractivity contribution is 7.08. The Morgan fingerprint density at radius 2 is 2.44 bits per heavy atom. The fourth-order valence-electron chi connectivity index (χ4n) is 2.21. The molecule has 0 bridgehead atoms. The van der Waals surface area contributed by atoms with Crippen LogP contribution in [0.3, 0.4) is 0 Å². The van der Waals surface area contributed by atoms with Crippen LogP contribution in [0.25, 0.3) is 0 Å². The lowest BCUT2D eigenvalue weighted by molar-refractivity contribution is 0.0703. The van der Waals surface area contributed by atoms with Crippen molar-refractivity contribution >= 4 is 17.2 Å². The zero-order chi connectivity index (χ0) is 11.5. The van der Waals surface area contributed by atoms with Gasteiger partial charge in [0.1, 0.15) is 0 Å². The molecule has 1 saturated heterocycles. The maximum atomic E-state index is 12.3. The Labute approximate surface area is 100 Å². The van der Waals surface area contributed by atoms with E-state index in [-0.39, 0.29) is 5.91 Å². The monoisotopic (exact) mass is 238 g/mol. The number of hydrogen-bond donors (Lipinski definition) is 1. The van der Waals surface area contributed by atoms with Crippen molar-refractivity contribution in [3.05, 3.63) is 21.9 Å². The van der Waals surface area contributed by atoms with Crippen LogP contribution in [-0.2, 0) is 0 Å². The summed E-state index contributed by atoms with van der Waals surface area (Å²) in [5, 5.41) is 7.31. The number of carbonyl (C=O) groups is 1. The second-order valence-corrected chi connectivity index (χ2v) is 4.95. The summed E-state index contributed by atoms with van der Waals surface area (Å²) in [5.41, 5.74) is 1.97. The van der Waals surface area contributed by atoms with Gasteiger partial charge >= 0.3 is 0 Å². The lowest BCUT2D eigenvalue weighted by Gasteiger charge is -2.27. The van der Waals surface area contributed by atoms with Gasteiger partial charge in [-0.05, 0) is 37.8 Å². The molecule has 0 aliphatic carbocycles. The van der Waals surface area contributed by atoms with Crippen LogP contribution in [-0.4, -0.2) is 36.5 Å². The molecule has 0 radical (unpaired) electrons. The van der Waals surface area contributed by atoms with Gasteiger partial charge in [-0.2, -0.15) is 11.3 Å². The van der Waals surface area contributed by atoms with Crippen molar-refractivity contribution in [1.29, 1.82) is 0 Å². The fourth-order valence-corrected chi connectivity index (χ4v) is 3.03. The number of carbonyl (C=O) groups excluding carboxylic acids is 1. The summed E-state index contributed by atoms with van der Waals surface area (Å²) in [6.07, 6.45) is 1.07. The molecule has 1 fully saturated rings. The van der Waals surface area contributed by atoms with Crippen molar-refractivity contribution in [1.82, 2.24) is 10.2 Å². The highest BCUT2D eigenvalue weighted by Crippen LogP contribution is 2.19. The summed E-state index contributed by atoms with van der Waals surface area (Å²) in [6.45, 7) is 6.81. The van der Waals surface area contributed by atoms with E-state index >= 15 is 0 Å². The number of nitrogens with one attached hydrogen (secondary N) is 1. The SMILES string of the molecule is CCN(C(=O)c1cscc1C)C1CCNC1. The number of thiophene rings is 1. The molecule has 2 rings (SSSR count). The molecule has 1 aliphatic heterocycles. The van der Waals surface area contributed by atoms with Crippen LogP contribution in [0.1, 0.15) is 29.3 Å². The maximum Gasteiger partial charge on any atom is 0.255 e. The van der Waals surface area contributed by atoms with Crippen molar-refractivity contribution < 1.29 is 4.79 Å². The standard InChI is InChI=1S/C12H18N2OS/c1-3-14(10-4-5-13-6-10)12(15)11-8-16-7-9(11)2/h7-8,10,13H,3-6H2,1-2H3. The van der Waals surface area contributed by atoms with Gasteiger partial charge in [0.15, 0.2) is 0 Å². The van der Waals surface area contributed by atoms with Gasteiger partial charge in [-0.1, -0.05) is 0 Å². The maximum absolute atomic E-state index is 12.3. The molecule has 0 aromatic carbocycles. The third kappa shape index (κ3) is 2.13. The first-order valence-electron chi connectivity index (χ1n) is 5.78. The lowest BCUT2D eigenvalue weighted by Crippen LogP contribution is -2.41. The second kappa shape index (κ2) is 4.97. The number of hydrogen-bond acceptors (Lipinski definition) is 3. The summed E-state index contributed by atoms with van der Waals surface area (Å²) in [7, 11) is 0. The number of likely N-dealkylation sites (N-methyl/N-ethyl adjacent to an activating group) is 1. The molecule has 1 N–H and O–H groups in total. The normalized spacial score (nSPS) is 20.0. The van der Waals surface area contributed by atoms with Crippen LogP contribution in [0.15, 0.2) is 10.8 Å². The largest absolute Gasteiger partial charge is 0.335 e. The molecule has 16 heavy (non-hydrogen) atoms. The number of nitrogens with zero attached hydrogens (tertiary/aromatic N) is 1. The van der Waals surface area contributed by atoms with E-state index in [0.717, 1.165) is 37.2 Å². The predicted octanol–water partition coefficient (Wildman–Crippen LogP) is 1.88. The van der Waals surface area contributed by atoms with Gasteiger partial charge < -0.3 is 10.2 Å². The Balaban J connectivity index is 2.15. The van der Waals surface area contributed by atoms with Crippen LogP contribution >= 0.6 is 11.3 Å². The third-order valence-corrected chi connectivity index (χ3v) is 4.02. The Morgan fingerprint density at radius 1 is 1.62 bits per heavy atom. The van der Waals surface area contributed by atoms with Crippen LogP contribution in [0.2, 0.25) is 0 Å². The van der Waals surface area contributed by atoms with Gasteiger partial charge in [0.05, 0.1) is 5.56 Å². The summed E-state index contributed by atoms with van der Waals surface area (Å²) in [5.74, 6) is 0.190. The summed E-state index contributed by atoms with van der Waals surface area (Å²) in [6, 6.07) is 0.372. The molecule has 2 heterocycles. The number of aryl methyl sites for hydroxylation is 1. The molecule has 1 atom stereocenters. The van der Waals surface area contributed by atoms with Crippen molar-refractivity contribution in [3.63, 3.8) is 0 Å². The first-order chi connectivity index (χ1) is 7.74. The Bertz CT molecular complexity index is 369. The molecular formula is C12H18N2OS. The highest BCUT2D eigenvalue weighted by Gasteiger charge is 2.26. The number of amides is 1. The first kappa shape index (κ1) is 11.6. The van der Waals surface area contributed by atoms with Crippen molar-refractivity contribution in [2.75, 3.05) is 19.6 Å². The molecule has 1 aliphatic rings. The van der Waals surface area contributed by atoms with Gasteiger partial charge in [0, 0.05) is 24.5 Å². The average molecular weight is 238 g/mol. The Hall–Kier alpha value is -0.870. The zero-order valence-electron chi connectivity index (χ0n) is 9.82. The zero-order valence-corrected chi connectivity index (χ0v) is 10.6. The minimum atomic E-state index is 0.190. The molecule has 4 heteroatoms. The average Bonchev–Trinajstić information content (AvgIpc) is 2.90. The van der Waals surface area contributed by atoms with E-state index < -0.39 is 0 Å². The fraction of sp³-hybridized carbons (Fsp3) is 0.583. The topological polar surface area (TPSA) is 32.3 Å². The van der Waals surface area contributed by atoms with E-state index in [0.29, 0.717) is 6.04 Å². The van der Waals surface area contributed by atoms with E-state index in [4.69, 9.17) is 0 Å². The molecule has 1 aromatic rings. The van der Waals surface area contributed by atoms with E-state index in [2.05, 4.69) is 12.2 Å². The van der Waals surface area contributed by atoms with Crippen molar-refractivity contribution in [2.45, 2.75) is 26.3 Å². The van der Waals surface area contributed by atoms with Crippen molar-refractivity contribution in [2.24, 2.45) is 0 Å². The highest BCUT2D eigenvalue weighted by atomic mass is 32.1. The molecule has 0 spiro atoms. The van der Waals surface area contributed by atoms with E-state index in [9.17, 15) is 4.79 Å². The van der Waals surface area contributed by atoms with Gasteiger partial charge in [0.2, 0.25) is 0 Å². The molecule has 1 aromatic heterocycles. The van der Waals surface area contributed by atoms with E-state index in [1.165, 1.54) is 0 Å². The van der Waals surface area contributed by atoms with Gasteiger partial charge in [-0.15, -0.1) is 0 Å². The predicted molar refractivity (Wildman–Crippen MR) is 67.0 cm³/mol. The van der Waals surface area contributed by atoms with Crippen molar-refractivity contribution in [3.8, 4) is 0 Å². The van der Waals surface area contributed by atoms with Gasteiger partial charge in [-0.25, -0.2) is 0 Å². The summed E-state index contributed by atoms with van der Waals surface area (Å²) in [4.78, 5) is 14.3. The van der Waals surface area contributed by atoms with E-state index in [1.807, 2.05) is 22.6 Å². The summed E-state index contributed by atoms with van der Waals surface area (Å²) < 4.78 is 0. The van der Waals surface area contributed by atoms with Crippen LogP contribution in [0.4, 0.5) is 0 Å². The first-order valence-corrected chi connectivity index (χ1v) is 6.72. The molecule has 88 valence electrons. The molecule has 1 unspecified atom stereocenters. The third-order valence-electron chi connectivity index (χ3n) is 3.16. The van der Waals surface area contributed by atoms with E-state index in [1.54, 1.807) is 11.3 Å². The summed E-state index contributed by atoms with van der Waals surface area (Å²) >= 11 is 1.60. The molecular weight excluding hydrogens is 220 g/mol. The number of rotatable bonds is 3. The Morgan fingerprint density at radius 3 is 2.94 bits per heavy atom. The van der Waals surface area contributed by atoms with Gasteiger partial charge in [0.25, 0.3) is 5.91 Å². The minimum absolute atomic E-state index is 0.190. The Kier molecular flexibility index (Phi) is 3.61. The quantitative estimate of drug-likeness (QED) is 0.872. The molecule has 3 nitrogen and oxygen atoms in total.